The van der Waals surface area contributed by atoms with Crippen LogP contribution in [0.4, 0.5) is 0 Å². The molecule has 0 fully saturated rings. The van der Waals surface area contributed by atoms with Gasteiger partial charge in [0.15, 0.2) is 6.10 Å². The van der Waals surface area contributed by atoms with E-state index in [9.17, 15) is 9.90 Å². The molecule has 2 N–H and O–H groups in total. The lowest BCUT2D eigenvalue weighted by molar-refractivity contribution is -0.144. The molecule has 2 atom stereocenters. The van der Waals surface area contributed by atoms with Crippen molar-refractivity contribution in [1.82, 2.24) is 0 Å². The molecule has 92 valence electrons. The minimum atomic E-state index is -0.984. The third-order valence-corrected chi connectivity index (χ3v) is 3.06. The number of carbonyl (C=O) groups is 1. The molecule has 2 rings (SSSR count). The summed E-state index contributed by atoms with van der Waals surface area (Å²) in [6.07, 6.45) is 1.39. The number of aryl methyl sites for hydroxylation is 1. The standard InChI is InChI=1S/C13H16O4/c1-8(13(15)16)17-10-5-6-11-9(7-10)3-2-4-12(11)14/h5-8,12,14H,2-4H2,1H3,(H,15,16). The Morgan fingerprint density at radius 2 is 2.29 bits per heavy atom. The summed E-state index contributed by atoms with van der Waals surface area (Å²) in [6, 6.07) is 5.37. The third-order valence-electron chi connectivity index (χ3n) is 3.06. The topological polar surface area (TPSA) is 66.8 Å². The molecule has 2 unspecified atom stereocenters. The first-order valence-electron chi connectivity index (χ1n) is 5.78. The molecule has 0 saturated heterocycles. The number of ether oxygens (including phenoxy) is 1. The van der Waals surface area contributed by atoms with E-state index < -0.39 is 18.2 Å². The zero-order valence-corrected chi connectivity index (χ0v) is 9.72. The Morgan fingerprint density at radius 3 is 3.00 bits per heavy atom. The molecular weight excluding hydrogens is 220 g/mol. The van der Waals surface area contributed by atoms with Gasteiger partial charge in [0.2, 0.25) is 0 Å². The van der Waals surface area contributed by atoms with Crippen LogP contribution in [0.5, 0.6) is 5.75 Å². The molecule has 0 radical (unpaired) electrons. The fourth-order valence-corrected chi connectivity index (χ4v) is 2.09. The second-order valence-electron chi connectivity index (χ2n) is 4.37. The van der Waals surface area contributed by atoms with Gasteiger partial charge < -0.3 is 14.9 Å². The lowest BCUT2D eigenvalue weighted by Crippen LogP contribution is -2.23. The van der Waals surface area contributed by atoms with Gasteiger partial charge in [0.25, 0.3) is 0 Å². The van der Waals surface area contributed by atoms with E-state index in [1.807, 2.05) is 12.1 Å². The van der Waals surface area contributed by atoms with Gasteiger partial charge in [0.05, 0.1) is 6.10 Å². The highest BCUT2D eigenvalue weighted by Gasteiger charge is 2.19. The number of aliphatic hydroxyl groups excluding tert-OH is 1. The second-order valence-corrected chi connectivity index (χ2v) is 4.37. The summed E-state index contributed by atoms with van der Waals surface area (Å²) < 4.78 is 5.30. The van der Waals surface area contributed by atoms with Crippen LogP contribution in [0.2, 0.25) is 0 Å². The normalized spacial score (nSPS) is 20.5. The molecular formula is C13H16O4. The average Bonchev–Trinajstić information content (AvgIpc) is 2.29. The summed E-state index contributed by atoms with van der Waals surface area (Å²) in [5.74, 6) is -0.435. The average molecular weight is 236 g/mol. The maximum absolute atomic E-state index is 10.7. The Morgan fingerprint density at radius 1 is 1.53 bits per heavy atom. The van der Waals surface area contributed by atoms with Crippen molar-refractivity contribution in [3.8, 4) is 5.75 Å². The van der Waals surface area contributed by atoms with Crippen molar-refractivity contribution in [3.05, 3.63) is 29.3 Å². The van der Waals surface area contributed by atoms with E-state index in [0.29, 0.717) is 5.75 Å². The summed E-state index contributed by atoms with van der Waals surface area (Å²) in [5.41, 5.74) is 1.99. The molecule has 17 heavy (non-hydrogen) atoms. The lowest BCUT2D eigenvalue weighted by atomic mass is 9.89. The van der Waals surface area contributed by atoms with Crippen LogP contribution < -0.4 is 4.74 Å². The lowest BCUT2D eigenvalue weighted by Gasteiger charge is -2.22. The Labute approximate surface area is 99.8 Å². The maximum atomic E-state index is 10.7. The molecule has 0 aliphatic heterocycles. The number of hydrogen-bond donors (Lipinski definition) is 2. The summed E-state index contributed by atoms with van der Waals surface area (Å²) in [6.45, 7) is 1.50. The van der Waals surface area contributed by atoms with Crippen LogP contribution in [0.15, 0.2) is 18.2 Å². The van der Waals surface area contributed by atoms with Crippen LogP contribution in [-0.4, -0.2) is 22.3 Å². The Bertz CT molecular complexity index is 427. The van der Waals surface area contributed by atoms with Crippen molar-refractivity contribution < 1.29 is 19.7 Å². The number of aliphatic carboxylic acids is 1. The highest BCUT2D eigenvalue weighted by Crippen LogP contribution is 2.32. The first kappa shape index (κ1) is 11.9. The number of fused-ring (bicyclic) bond motifs is 1. The van der Waals surface area contributed by atoms with Crippen molar-refractivity contribution in [2.24, 2.45) is 0 Å². The number of hydrogen-bond acceptors (Lipinski definition) is 3. The van der Waals surface area contributed by atoms with Gasteiger partial charge in [-0.05, 0) is 49.4 Å². The molecule has 0 amide bonds. The van der Waals surface area contributed by atoms with Gasteiger partial charge in [-0.2, -0.15) is 0 Å². The molecule has 4 nitrogen and oxygen atoms in total. The minimum absolute atomic E-state index is 0.398. The largest absolute Gasteiger partial charge is 0.479 e. The maximum Gasteiger partial charge on any atom is 0.344 e. The first-order valence-corrected chi connectivity index (χ1v) is 5.78. The molecule has 0 aromatic heterocycles. The molecule has 0 heterocycles. The monoisotopic (exact) mass is 236 g/mol. The van der Waals surface area contributed by atoms with Crippen molar-refractivity contribution in [1.29, 1.82) is 0 Å². The Kier molecular flexibility index (Phi) is 3.33. The summed E-state index contributed by atoms with van der Waals surface area (Å²) in [4.78, 5) is 10.7. The summed E-state index contributed by atoms with van der Waals surface area (Å²) in [7, 11) is 0. The van der Waals surface area contributed by atoms with Gasteiger partial charge in [0.1, 0.15) is 5.75 Å². The quantitative estimate of drug-likeness (QED) is 0.841. The fourth-order valence-electron chi connectivity index (χ4n) is 2.09. The number of carboxylic acid groups (broad SMARTS) is 1. The molecule has 1 aliphatic carbocycles. The minimum Gasteiger partial charge on any atom is -0.479 e. The Balaban J connectivity index is 2.19. The first-order chi connectivity index (χ1) is 8.08. The van der Waals surface area contributed by atoms with Gasteiger partial charge >= 0.3 is 5.97 Å². The van der Waals surface area contributed by atoms with Crippen LogP contribution in [0.1, 0.15) is 37.0 Å². The second kappa shape index (κ2) is 4.75. The highest BCUT2D eigenvalue weighted by molar-refractivity contribution is 5.72. The van der Waals surface area contributed by atoms with Crippen LogP contribution in [0, 0.1) is 0 Å². The molecule has 0 spiro atoms. The van der Waals surface area contributed by atoms with Crippen molar-refractivity contribution in [2.75, 3.05) is 0 Å². The van der Waals surface area contributed by atoms with Crippen molar-refractivity contribution in [2.45, 2.75) is 38.4 Å². The predicted molar refractivity (Wildman–Crippen MR) is 62.1 cm³/mol. The van der Waals surface area contributed by atoms with Crippen molar-refractivity contribution in [3.63, 3.8) is 0 Å². The van der Waals surface area contributed by atoms with E-state index in [1.54, 1.807) is 6.07 Å². The van der Waals surface area contributed by atoms with Crippen LogP contribution >= 0.6 is 0 Å². The number of rotatable bonds is 3. The molecule has 4 heteroatoms. The highest BCUT2D eigenvalue weighted by atomic mass is 16.5. The molecule has 1 aliphatic rings. The third kappa shape index (κ3) is 2.58. The van der Waals surface area contributed by atoms with Crippen LogP contribution in [-0.2, 0) is 11.2 Å². The van der Waals surface area contributed by atoms with Gasteiger partial charge in [0, 0.05) is 0 Å². The molecule has 0 saturated carbocycles. The number of carboxylic acids is 1. The summed E-state index contributed by atoms with van der Waals surface area (Å²) in [5, 5.41) is 18.5. The van der Waals surface area contributed by atoms with E-state index in [1.165, 1.54) is 6.92 Å². The zero-order chi connectivity index (χ0) is 12.4. The van der Waals surface area contributed by atoms with E-state index >= 15 is 0 Å². The summed E-state index contributed by atoms with van der Waals surface area (Å²) >= 11 is 0. The van der Waals surface area contributed by atoms with Gasteiger partial charge in [-0.25, -0.2) is 4.79 Å². The fraction of sp³-hybridized carbons (Fsp3) is 0.462. The van der Waals surface area contributed by atoms with Gasteiger partial charge in [-0.1, -0.05) is 6.07 Å². The zero-order valence-electron chi connectivity index (χ0n) is 9.72. The van der Waals surface area contributed by atoms with Crippen molar-refractivity contribution >= 4 is 5.97 Å². The smallest absolute Gasteiger partial charge is 0.344 e. The molecule has 1 aromatic carbocycles. The van der Waals surface area contributed by atoms with E-state index in [4.69, 9.17) is 9.84 Å². The van der Waals surface area contributed by atoms with Crippen LogP contribution in [0.25, 0.3) is 0 Å². The van der Waals surface area contributed by atoms with E-state index in [-0.39, 0.29) is 0 Å². The Hall–Kier alpha value is -1.55. The molecule has 1 aromatic rings. The van der Waals surface area contributed by atoms with E-state index in [2.05, 4.69) is 0 Å². The van der Waals surface area contributed by atoms with Crippen LogP contribution in [0.3, 0.4) is 0 Å². The van der Waals surface area contributed by atoms with Gasteiger partial charge in [-0.15, -0.1) is 0 Å². The predicted octanol–water partition coefficient (Wildman–Crippen LogP) is 1.91. The molecule has 0 bridgehead atoms. The SMILES string of the molecule is CC(Oc1ccc2c(c1)CCCC2O)C(=O)O. The number of aliphatic hydroxyl groups is 1. The number of benzene rings is 1. The van der Waals surface area contributed by atoms with E-state index in [0.717, 1.165) is 30.4 Å². The van der Waals surface area contributed by atoms with Gasteiger partial charge in [-0.3, -0.25) is 0 Å².